The van der Waals surface area contributed by atoms with E-state index in [1.165, 1.54) is 60.8 Å². The maximum absolute atomic E-state index is 6.99. The van der Waals surface area contributed by atoms with E-state index in [0.29, 0.717) is 0 Å². The Bertz CT molecular complexity index is 2720. The van der Waals surface area contributed by atoms with Crippen molar-refractivity contribution in [3.63, 3.8) is 0 Å². The highest BCUT2D eigenvalue weighted by Crippen LogP contribution is 2.66. The number of halogens is 1. The van der Waals surface area contributed by atoms with Gasteiger partial charge in [0, 0.05) is 43.4 Å². The van der Waals surface area contributed by atoms with Crippen molar-refractivity contribution in [2.24, 2.45) is 0 Å². The number of benzene rings is 7. The van der Waals surface area contributed by atoms with Crippen LogP contribution in [0, 0.1) is 0 Å². The number of fused-ring (bicyclic) bond motifs is 19. The number of para-hydroxylation sites is 3. The zero-order valence-corrected chi connectivity index (χ0v) is 25.3. The van der Waals surface area contributed by atoms with Crippen molar-refractivity contribution < 1.29 is 4.42 Å². The van der Waals surface area contributed by atoms with E-state index in [0.717, 1.165) is 38.2 Å². The summed E-state index contributed by atoms with van der Waals surface area (Å²) in [5.74, 6) is 0. The predicted octanol–water partition coefficient (Wildman–Crippen LogP) is 11.7. The molecule has 0 atom stereocenters. The Morgan fingerprint density at radius 1 is 0.543 bits per heavy atom. The van der Waals surface area contributed by atoms with E-state index in [-0.39, 0.29) is 0 Å². The second-order valence-electron chi connectivity index (χ2n) is 12.5. The minimum Gasteiger partial charge on any atom is -0.455 e. The molecule has 0 bridgehead atoms. The van der Waals surface area contributed by atoms with Crippen LogP contribution in [0.2, 0.25) is 5.02 Å². The third kappa shape index (κ3) is 2.77. The average Bonchev–Trinajstić information content (AvgIpc) is 3.82. The molecule has 0 N–H and O–H groups in total. The number of nitrogens with zero attached hydrogens (tertiary/aromatic N) is 1. The van der Waals surface area contributed by atoms with Gasteiger partial charge in [0.15, 0.2) is 0 Å². The van der Waals surface area contributed by atoms with Crippen molar-refractivity contribution in [3.05, 3.63) is 173 Å². The van der Waals surface area contributed by atoms with E-state index >= 15 is 0 Å². The second kappa shape index (κ2) is 8.57. The Morgan fingerprint density at radius 3 is 1.98 bits per heavy atom. The van der Waals surface area contributed by atoms with Crippen molar-refractivity contribution in [2.75, 3.05) is 0 Å². The lowest BCUT2D eigenvalue weighted by atomic mass is 9.70. The largest absolute Gasteiger partial charge is 0.455 e. The average molecular weight is 606 g/mol. The standard InChI is InChI=1S/C43H24ClNO/c44-25-22-23-29-34(24-25)43(32-18-8-4-14-27(32)28-15-5-9-19-33(28)43)40-39(29)42-38(31-17-7-11-21-36(31)46-42)37-30-16-6-10-20-35(30)45(41(37)40)26-12-2-1-3-13-26/h1-24H. The topological polar surface area (TPSA) is 18.1 Å². The van der Waals surface area contributed by atoms with Crippen LogP contribution in [-0.2, 0) is 5.41 Å². The van der Waals surface area contributed by atoms with Gasteiger partial charge in [-0.2, -0.15) is 0 Å². The maximum atomic E-state index is 6.99. The summed E-state index contributed by atoms with van der Waals surface area (Å²) >= 11 is 6.95. The Morgan fingerprint density at radius 2 is 1.20 bits per heavy atom. The summed E-state index contributed by atoms with van der Waals surface area (Å²) in [6, 6.07) is 52.4. The van der Waals surface area contributed by atoms with Crippen LogP contribution >= 0.6 is 11.6 Å². The van der Waals surface area contributed by atoms with Gasteiger partial charge in [-0.3, -0.25) is 0 Å². The van der Waals surface area contributed by atoms with E-state index < -0.39 is 5.41 Å². The molecule has 0 aliphatic heterocycles. The van der Waals surface area contributed by atoms with Crippen molar-refractivity contribution in [1.82, 2.24) is 4.57 Å². The number of rotatable bonds is 1. The third-order valence-electron chi connectivity index (χ3n) is 10.4. The molecule has 0 radical (unpaired) electrons. The van der Waals surface area contributed by atoms with Gasteiger partial charge in [0.1, 0.15) is 11.2 Å². The number of hydrogen-bond donors (Lipinski definition) is 0. The molecule has 46 heavy (non-hydrogen) atoms. The first-order chi connectivity index (χ1) is 22.8. The molecule has 2 heterocycles. The molecule has 0 unspecified atom stereocenters. The fraction of sp³-hybridized carbons (Fsp3) is 0.0233. The number of hydrogen-bond acceptors (Lipinski definition) is 1. The molecule has 9 aromatic rings. The summed E-state index contributed by atoms with van der Waals surface area (Å²) in [6.07, 6.45) is 0. The predicted molar refractivity (Wildman–Crippen MR) is 189 cm³/mol. The van der Waals surface area contributed by atoms with Crippen LogP contribution < -0.4 is 0 Å². The molecule has 0 saturated carbocycles. The second-order valence-corrected chi connectivity index (χ2v) is 12.9. The summed E-state index contributed by atoms with van der Waals surface area (Å²) in [5.41, 5.74) is 14.6. The van der Waals surface area contributed by atoms with Gasteiger partial charge in [-0.1, -0.05) is 121 Å². The zero-order chi connectivity index (χ0) is 30.1. The van der Waals surface area contributed by atoms with Crippen molar-refractivity contribution in [1.29, 1.82) is 0 Å². The maximum Gasteiger partial charge on any atom is 0.144 e. The highest BCUT2D eigenvalue weighted by molar-refractivity contribution is 6.33. The molecule has 3 heteroatoms. The van der Waals surface area contributed by atoms with Gasteiger partial charge in [-0.05, 0) is 69.8 Å². The van der Waals surface area contributed by atoms with Crippen molar-refractivity contribution >= 4 is 55.3 Å². The Hall–Kier alpha value is -5.57. The molecular weight excluding hydrogens is 582 g/mol. The van der Waals surface area contributed by atoms with Crippen LogP contribution in [0.15, 0.2) is 150 Å². The first-order valence-electron chi connectivity index (χ1n) is 15.7. The van der Waals surface area contributed by atoms with Crippen molar-refractivity contribution in [3.8, 4) is 27.9 Å². The van der Waals surface area contributed by atoms with Gasteiger partial charge in [0.05, 0.1) is 16.4 Å². The molecular formula is C43H24ClNO. The van der Waals surface area contributed by atoms with Gasteiger partial charge >= 0.3 is 0 Å². The molecule has 0 saturated heterocycles. The lowest BCUT2D eigenvalue weighted by Gasteiger charge is -2.31. The first kappa shape index (κ1) is 24.7. The molecule has 2 nitrogen and oxygen atoms in total. The fourth-order valence-corrected chi connectivity index (χ4v) is 9.04. The van der Waals surface area contributed by atoms with Crippen molar-refractivity contribution in [2.45, 2.75) is 5.41 Å². The van der Waals surface area contributed by atoms with Crippen LogP contribution in [0.1, 0.15) is 22.3 Å². The molecule has 7 aromatic carbocycles. The zero-order valence-electron chi connectivity index (χ0n) is 24.6. The van der Waals surface area contributed by atoms with Gasteiger partial charge in [0.25, 0.3) is 0 Å². The highest BCUT2D eigenvalue weighted by Gasteiger charge is 2.54. The number of furan rings is 1. The van der Waals surface area contributed by atoms with Crippen LogP contribution in [0.3, 0.4) is 0 Å². The van der Waals surface area contributed by atoms with Gasteiger partial charge in [-0.25, -0.2) is 0 Å². The summed E-state index contributed by atoms with van der Waals surface area (Å²) in [7, 11) is 0. The lowest BCUT2D eigenvalue weighted by molar-refractivity contribution is 0.669. The first-order valence-corrected chi connectivity index (χ1v) is 16.1. The molecule has 11 rings (SSSR count). The minimum atomic E-state index is -0.602. The van der Waals surface area contributed by atoms with Gasteiger partial charge < -0.3 is 8.98 Å². The summed E-state index contributed by atoms with van der Waals surface area (Å²) < 4.78 is 9.48. The third-order valence-corrected chi connectivity index (χ3v) is 10.7. The SMILES string of the molecule is Clc1ccc2c(c1)C1(c3ccccc3-c3ccccc31)c1c-2c2oc3ccccc3c2c2c3ccccc3n(-c3ccccc3)c12. The Balaban J connectivity index is 1.52. The molecule has 1 spiro atoms. The van der Waals surface area contributed by atoms with E-state index in [4.69, 9.17) is 16.0 Å². The summed E-state index contributed by atoms with van der Waals surface area (Å²) in [5, 5.41) is 5.45. The smallest absolute Gasteiger partial charge is 0.144 e. The molecule has 214 valence electrons. The van der Waals surface area contributed by atoms with Crippen LogP contribution in [0.5, 0.6) is 0 Å². The van der Waals surface area contributed by atoms with Gasteiger partial charge in [0.2, 0.25) is 0 Å². The fourth-order valence-electron chi connectivity index (χ4n) is 8.87. The summed E-state index contributed by atoms with van der Waals surface area (Å²) in [4.78, 5) is 0. The van der Waals surface area contributed by atoms with Crippen LogP contribution in [0.4, 0.5) is 0 Å². The van der Waals surface area contributed by atoms with E-state index in [2.05, 4.69) is 144 Å². The molecule has 0 amide bonds. The molecule has 2 aliphatic carbocycles. The molecule has 2 aliphatic rings. The summed E-state index contributed by atoms with van der Waals surface area (Å²) in [6.45, 7) is 0. The minimum absolute atomic E-state index is 0.602. The monoisotopic (exact) mass is 605 g/mol. The van der Waals surface area contributed by atoms with E-state index in [1.807, 2.05) is 6.07 Å². The van der Waals surface area contributed by atoms with E-state index in [1.54, 1.807) is 0 Å². The molecule has 0 fully saturated rings. The normalized spacial score (nSPS) is 13.9. The number of aromatic nitrogens is 1. The highest BCUT2D eigenvalue weighted by atomic mass is 35.5. The van der Waals surface area contributed by atoms with Gasteiger partial charge in [-0.15, -0.1) is 0 Å². The quantitative estimate of drug-likeness (QED) is 0.182. The lowest BCUT2D eigenvalue weighted by Crippen LogP contribution is -2.26. The van der Waals surface area contributed by atoms with Crippen LogP contribution in [0.25, 0.3) is 71.7 Å². The van der Waals surface area contributed by atoms with Crippen LogP contribution in [-0.4, -0.2) is 4.57 Å². The van der Waals surface area contributed by atoms with E-state index in [9.17, 15) is 0 Å². The molecule has 2 aromatic heterocycles. The Kier molecular flexibility index (Phi) is 4.60. The Labute approximate surface area is 269 Å².